The third kappa shape index (κ3) is 2.68. The molecule has 128 valence electrons. The van der Waals surface area contributed by atoms with E-state index >= 15 is 0 Å². The summed E-state index contributed by atoms with van der Waals surface area (Å²) in [5.74, 6) is -0.731. The van der Waals surface area contributed by atoms with E-state index in [-0.39, 0.29) is 12.2 Å². The Morgan fingerprint density at radius 3 is 2.22 bits per heavy atom. The second-order valence-electron chi connectivity index (χ2n) is 7.38. The molecule has 2 aliphatic heterocycles. The Morgan fingerprint density at radius 2 is 1.74 bits per heavy atom. The summed E-state index contributed by atoms with van der Waals surface area (Å²) in [5.41, 5.74) is 0.528. The van der Waals surface area contributed by atoms with Gasteiger partial charge in [0.1, 0.15) is 6.10 Å². The molecule has 0 radical (unpaired) electrons. The zero-order valence-corrected chi connectivity index (χ0v) is 15.8. The first-order valence-electron chi connectivity index (χ1n) is 8.53. The molecule has 4 nitrogen and oxygen atoms in total. The minimum absolute atomic E-state index is 0.0718. The highest BCUT2D eigenvalue weighted by molar-refractivity contribution is 6.69. The summed E-state index contributed by atoms with van der Waals surface area (Å²) < 4.78 is 25.3. The van der Waals surface area contributed by atoms with E-state index in [4.69, 9.17) is 18.6 Å². The molecule has 2 heterocycles. The van der Waals surface area contributed by atoms with Crippen molar-refractivity contribution in [3.63, 3.8) is 0 Å². The lowest BCUT2D eigenvalue weighted by molar-refractivity contribution is -0.391. The lowest BCUT2D eigenvalue weighted by Gasteiger charge is -2.62. The van der Waals surface area contributed by atoms with Gasteiger partial charge in [-0.25, -0.2) is 0 Å². The average molecular weight is 337 g/mol. The largest absolute Gasteiger partial charge is 0.402 e. The number of rotatable bonds is 5. The second kappa shape index (κ2) is 5.97. The van der Waals surface area contributed by atoms with Gasteiger partial charge in [-0.05, 0) is 32.1 Å². The molecule has 1 aromatic rings. The highest BCUT2D eigenvalue weighted by Gasteiger charge is 2.71. The molecule has 1 aromatic carbocycles. The van der Waals surface area contributed by atoms with Gasteiger partial charge in [0.15, 0.2) is 13.9 Å². The van der Waals surface area contributed by atoms with Gasteiger partial charge in [-0.1, -0.05) is 37.3 Å². The zero-order valence-electron chi connectivity index (χ0n) is 14.8. The third-order valence-corrected chi connectivity index (χ3v) is 5.68. The molecule has 0 amide bonds. The van der Waals surface area contributed by atoms with Crippen LogP contribution in [0.25, 0.3) is 0 Å². The predicted octanol–water partition coefficient (Wildman–Crippen LogP) is 3.89. The highest BCUT2D eigenvalue weighted by Crippen LogP contribution is 2.57. The molecule has 0 aromatic heterocycles. The van der Waals surface area contributed by atoms with Crippen molar-refractivity contribution in [2.45, 2.75) is 63.5 Å². The van der Waals surface area contributed by atoms with Crippen LogP contribution in [0.3, 0.4) is 0 Å². The van der Waals surface area contributed by atoms with Gasteiger partial charge < -0.3 is 18.6 Å². The van der Waals surface area contributed by atoms with Crippen molar-refractivity contribution in [3.05, 3.63) is 35.9 Å². The van der Waals surface area contributed by atoms with Crippen LogP contribution in [0.2, 0.25) is 19.6 Å². The van der Waals surface area contributed by atoms with Crippen LogP contribution in [0.1, 0.15) is 31.9 Å². The Kier molecular flexibility index (Phi) is 4.44. The van der Waals surface area contributed by atoms with Crippen molar-refractivity contribution in [1.29, 1.82) is 0 Å². The van der Waals surface area contributed by atoms with Crippen molar-refractivity contribution in [2.24, 2.45) is 0 Å². The predicted molar refractivity (Wildman–Crippen MR) is 91.8 cm³/mol. The first kappa shape index (κ1) is 17.1. The SMILES string of the molecule is CCC1([C@@]2(O[Si](C)(C)C)[C@H](C)O[C@@H]2c2ccccc2)OCCO1. The molecule has 0 spiro atoms. The fourth-order valence-electron chi connectivity index (χ4n) is 3.89. The Hall–Kier alpha value is -0.723. The summed E-state index contributed by atoms with van der Waals surface area (Å²) in [6.07, 6.45) is 0.509. The maximum Gasteiger partial charge on any atom is 0.201 e. The molecule has 0 N–H and O–H groups in total. The molecule has 0 saturated carbocycles. The van der Waals surface area contributed by atoms with Crippen molar-refractivity contribution in [3.8, 4) is 0 Å². The van der Waals surface area contributed by atoms with Crippen LogP contribution in [-0.4, -0.2) is 39.0 Å². The molecular weight excluding hydrogens is 308 g/mol. The van der Waals surface area contributed by atoms with Gasteiger partial charge in [0.2, 0.25) is 5.79 Å². The normalized spacial score (nSPS) is 33.4. The smallest absolute Gasteiger partial charge is 0.201 e. The lowest BCUT2D eigenvalue weighted by atomic mass is 9.73. The van der Waals surface area contributed by atoms with Crippen molar-refractivity contribution < 1.29 is 18.6 Å². The van der Waals surface area contributed by atoms with Crippen LogP contribution in [0.15, 0.2) is 30.3 Å². The lowest BCUT2D eigenvalue weighted by Crippen LogP contribution is -2.75. The van der Waals surface area contributed by atoms with E-state index in [1.165, 1.54) is 0 Å². The summed E-state index contributed by atoms with van der Waals surface area (Å²) in [6, 6.07) is 10.3. The first-order chi connectivity index (χ1) is 10.8. The topological polar surface area (TPSA) is 36.9 Å². The van der Waals surface area contributed by atoms with E-state index in [1.807, 2.05) is 18.2 Å². The van der Waals surface area contributed by atoms with E-state index < -0.39 is 19.7 Å². The van der Waals surface area contributed by atoms with Gasteiger partial charge in [0.25, 0.3) is 0 Å². The van der Waals surface area contributed by atoms with E-state index in [9.17, 15) is 0 Å². The summed E-state index contributed by atoms with van der Waals surface area (Å²) in [4.78, 5) is 0. The number of hydrogen-bond acceptors (Lipinski definition) is 4. The van der Waals surface area contributed by atoms with Gasteiger partial charge in [-0.15, -0.1) is 0 Å². The summed E-state index contributed by atoms with van der Waals surface area (Å²) in [7, 11) is -1.85. The Morgan fingerprint density at radius 1 is 1.13 bits per heavy atom. The molecule has 2 fully saturated rings. The van der Waals surface area contributed by atoms with E-state index in [0.29, 0.717) is 13.2 Å². The van der Waals surface area contributed by atoms with Crippen LogP contribution in [0.4, 0.5) is 0 Å². The minimum Gasteiger partial charge on any atom is -0.402 e. The van der Waals surface area contributed by atoms with Crippen LogP contribution < -0.4 is 0 Å². The summed E-state index contributed by atoms with van der Waals surface area (Å²) in [6.45, 7) is 12.0. The maximum absolute atomic E-state index is 6.78. The standard InChI is InChI=1S/C18H28O4Si/c1-6-17(19-12-13-20-17)18(22-23(3,4)5)14(2)21-16(18)15-10-8-7-9-11-15/h7-11,14,16H,6,12-13H2,1-5H3/t14-,16+,18+/m0/s1. The third-order valence-electron chi connectivity index (χ3n) is 4.73. The molecule has 3 atom stereocenters. The minimum atomic E-state index is -1.85. The molecule has 2 saturated heterocycles. The average Bonchev–Trinajstić information content (AvgIpc) is 3.00. The van der Waals surface area contributed by atoms with Crippen molar-refractivity contribution in [1.82, 2.24) is 0 Å². The van der Waals surface area contributed by atoms with Crippen LogP contribution in [0, 0.1) is 0 Å². The van der Waals surface area contributed by atoms with Gasteiger partial charge in [0, 0.05) is 6.42 Å². The Bertz CT molecular complexity index is 536. The number of benzene rings is 1. The molecule has 5 heteroatoms. The van der Waals surface area contributed by atoms with Crippen LogP contribution in [-0.2, 0) is 18.6 Å². The van der Waals surface area contributed by atoms with Crippen LogP contribution >= 0.6 is 0 Å². The molecule has 23 heavy (non-hydrogen) atoms. The molecule has 3 rings (SSSR count). The van der Waals surface area contributed by atoms with Crippen LogP contribution in [0.5, 0.6) is 0 Å². The highest BCUT2D eigenvalue weighted by atomic mass is 28.4. The van der Waals surface area contributed by atoms with E-state index in [1.54, 1.807) is 0 Å². The quantitative estimate of drug-likeness (QED) is 0.765. The maximum atomic E-state index is 6.78. The van der Waals surface area contributed by atoms with E-state index in [2.05, 4.69) is 45.6 Å². The first-order valence-corrected chi connectivity index (χ1v) is 11.9. The molecule has 0 aliphatic carbocycles. The zero-order chi connectivity index (χ0) is 16.7. The second-order valence-corrected chi connectivity index (χ2v) is 11.8. The van der Waals surface area contributed by atoms with Gasteiger partial charge in [-0.2, -0.15) is 0 Å². The fourth-order valence-corrected chi connectivity index (χ4v) is 5.33. The fraction of sp³-hybridized carbons (Fsp3) is 0.667. The summed E-state index contributed by atoms with van der Waals surface area (Å²) >= 11 is 0. The van der Waals surface area contributed by atoms with E-state index in [0.717, 1.165) is 12.0 Å². The summed E-state index contributed by atoms with van der Waals surface area (Å²) in [5, 5.41) is 0. The Labute approximate surface area is 140 Å². The van der Waals surface area contributed by atoms with Gasteiger partial charge in [0.05, 0.1) is 19.3 Å². The van der Waals surface area contributed by atoms with Crippen molar-refractivity contribution in [2.75, 3.05) is 13.2 Å². The molecule has 0 bridgehead atoms. The van der Waals surface area contributed by atoms with Gasteiger partial charge in [-0.3, -0.25) is 0 Å². The number of ether oxygens (including phenoxy) is 3. The number of hydrogen-bond donors (Lipinski definition) is 0. The molecule has 2 aliphatic rings. The molecule has 0 unspecified atom stereocenters. The Balaban J connectivity index is 2.07. The van der Waals surface area contributed by atoms with Crippen molar-refractivity contribution >= 4 is 8.32 Å². The monoisotopic (exact) mass is 336 g/mol. The van der Waals surface area contributed by atoms with Gasteiger partial charge >= 0.3 is 0 Å². The molecular formula is C18H28O4Si.